The molecule has 0 spiro atoms. The van der Waals surface area contributed by atoms with Crippen molar-refractivity contribution in [3.8, 4) is 0 Å². The lowest BCUT2D eigenvalue weighted by atomic mass is 10.1. The Labute approximate surface area is 114 Å². The lowest BCUT2D eigenvalue weighted by Gasteiger charge is -2.34. The number of benzene rings is 1. The smallest absolute Gasteiger partial charge is 0.320 e. The summed E-state index contributed by atoms with van der Waals surface area (Å²) < 4.78 is 13.8. The van der Waals surface area contributed by atoms with Crippen molar-refractivity contribution in [2.45, 2.75) is 32.2 Å². The molecule has 4 heteroatoms. The van der Waals surface area contributed by atoms with Gasteiger partial charge in [-0.2, -0.15) is 0 Å². The number of halogens is 1. The Hall–Kier alpha value is -1.58. The molecule has 1 unspecified atom stereocenters. The van der Waals surface area contributed by atoms with E-state index in [1.807, 2.05) is 11.8 Å². The van der Waals surface area contributed by atoms with Gasteiger partial charge in [0.15, 0.2) is 0 Å². The van der Waals surface area contributed by atoms with Crippen LogP contribution in [0.3, 0.4) is 0 Å². The van der Waals surface area contributed by atoms with Crippen LogP contribution in [0.15, 0.2) is 24.3 Å². The molecule has 1 aliphatic heterocycles. The van der Waals surface area contributed by atoms with Crippen molar-refractivity contribution in [3.63, 3.8) is 0 Å². The third-order valence-corrected chi connectivity index (χ3v) is 3.86. The molecule has 0 bridgehead atoms. The molecular weight excluding hydrogens is 243 g/mol. The van der Waals surface area contributed by atoms with Crippen molar-refractivity contribution >= 4 is 6.03 Å². The number of likely N-dealkylation sites (tertiary alicyclic amines) is 1. The molecule has 1 aromatic rings. The third-order valence-electron chi connectivity index (χ3n) is 3.86. The molecule has 0 aromatic heterocycles. The Balaban J connectivity index is 2.08. The fraction of sp³-hybridized carbons (Fsp3) is 0.533. The Morgan fingerprint density at radius 1 is 1.26 bits per heavy atom. The van der Waals surface area contributed by atoms with E-state index in [1.165, 1.54) is 12.5 Å². The summed E-state index contributed by atoms with van der Waals surface area (Å²) in [6, 6.07) is 6.38. The summed E-state index contributed by atoms with van der Waals surface area (Å²) in [5.41, 5.74) is 0.565. The normalized spacial score (nSPS) is 17.1. The van der Waals surface area contributed by atoms with Crippen LogP contribution < -0.4 is 0 Å². The van der Waals surface area contributed by atoms with Crippen LogP contribution in [0.2, 0.25) is 0 Å². The number of piperidine rings is 1. The number of nitrogens with zero attached hydrogens (tertiary/aromatic N) is 2. The largest absolute Gasteiger partial charge is 0.325 e. The number of carbonyl (C=O) groups excluding carboxylic acids is 1. The van der Waals surface area contributed by atoms with Crippen LogP contribution in [0.25, 0.3) is 0 Å². The second-order valence-corrected chi connectivity index (χ2v) is 5.14. The maximum absolute atomic E-state index is 13.8. The van der Waals surface area contributed by atoms with Crippen LogP contribution in [0, 0.1) is 5.82 Å². The van der Waals surface area contributed by atoms with Crippen LogP contribution in [0.1, 0.15) is 37.8 Å². The summed E-state index contributed by atoms with van der Waals surface area (Å²) >= 11 is 0. The molecule has 3 nitrogen and oxygen atoms in total. The number of carbonyl (C=O) groups is 1. The fourth-order valence-electron chi connectivity index (χ4n) is 2.50. The van der Waals surface area contributed by atoms with Crippen molar-refractivity contribution in [2.24, 2.45) is 0 Å². The Morgan fingerprint density at radius 3 is 2.53 bits per heavy atom. The van der Waals surface area contributed by atoms with Gasteiger partial charge in [-0.3, -0.25) is 0 Å². The standard InChI is InChI=1S/C15H21FN2O/c1-12(13-8-4-5-9-14(13)16)17(2)15(19)18-10-6-3-7-11-18/h4-5,8-9,12H,3,6-7,10-11H2,1-2H3. The van der Waals surface area contributed by atoms with Gasteiger partial charge < -0.3 is 9.80 Å². The van der Waals surface area contributed by atoms with Crippen LogP contribution in [0.5, 0.6) is 0 Å². The highest BCUT2D eigenvalue weighted by Crippen LogP contribution is 2.23. The highest BCUT2D eigenvalue weighted by atomic mass is 19.1. The molecule has 1 heterocycles. The SMILES string of the molecule is CC(c1ccccc1F)N(C)C(=O)N1CCCCC1. The lowest BCUT2D eigenvalue weighted by Crippen LogP contribution is -2.44. The molecule has 1 aliphatic rings. The minimum atomic E-state index is -0.256. The summed E-state index contributed by atoms with van der Waals surface area (Å²) in [6.07, 6.45) is 3.32. The van der Waals surface area contributed by atoms with E-state index in [9.17, 15) is 9.18 Å². The number of amides is 2. The van der Waals surface area contributed by atoms with E-state index in [0.29, 0.717) is 5.56 Å². The molecule has 0 aliphatic carbocycles. The first-order valence-corrected chi connectivity index (χ1v) is 6.87. The second kappa shape index (κ2) is 6.04. The zero-order chi connectivity index (χ0) is 13.8. The topological polar surface area (TPSA) is 23.6 Å². The highest BCUT2D eigenvalue weighted by molar-refractivity contribution is 5.74. The first-order chi connectivity index (χ1) is 9.11. The quantitative estimate of drug-likeness (QED) is 0.802. The molecule has 0 N–H and O–H groups in total. The summed E-state index contributed by atoms with van der Waals surface area (Å²) in [6.45, 7) is 3.49. The number of hydrogen-bond donors (Lipinski definition) is 0. The highest BCUT2D eigenvalue weighted by Gasteiger charge is 2.25. The average Bonchev–Trinajstić information content (AvgIpc) is 2.46. The maximum Gasteiger partial charge on any atom is 0.320 e. The van der Waals surface area contributed by atoms with Gasteiger partial charge in [-0.25, -0.2) is 9.18 Å². The van der Waals surface area contributed by atoms with Gasteiger partial charge in [0, 0.05) is 25.7 Å². The van der Waals surface area contributed by atoms with Gasteiger partial charge in [0.05, 0.1) is 6.04 Å². The zero-order valence-corrected chi connectivity index (χ0v) is 11.6. The van der Waals surface area contributed by atoms with E-state index in [1.54, 1.807) is 30.1 Å². The Bertz CT molecular complexity index is 444. The van der Waals surface area contributed by atoms with Gasteiger partial charge in [0.1, 0.15) is 5.82 Å². The van der Waals surface area contributed by atoms with Crippen molar-refractivity contribution in [1.82, 2.24) is 9.80 Å². The van der Waals surface area contributed by atoms with E-state index >= 15 is 0 Å². The van der Waals surface area contributed by atoms with E-state index in [2.05, 4.69) is 0 Å². The van der Waals surface area contributed by atoms with Crippen LogP contribution in [-0.2, 0) is 0 Å². The number of rotatable bonds is 2. The summed E-state index contributed by atoms with van der Waals surface area (Å²) in [7, 11) is 1.74. The van der Waals surface area contributed by atoms with Gasteiger partial charge in [-0.15, -0.1) is 0 Å². The van der Waals surface area contributed by atoms with E-state index in [-0.39, 0.29) is 17.9 Å². The predicted molar refractivity (Wildman–Crippen MR) is 73.4 cm³/mol. The maximum atomic E-state index is 13.8. The monoisotopic (exact) mass is 264 g/mol. The second-order valence-electron chi connectivity index (χ2n) is 5.14. The Kier molecular flexibility index (Phi) is 4.40. The summed E-state index contributed by atoms with van der Waals surface area (Å²) in [4.78, 5) is 15.8. The summed E-state index contributed by atoms with van der Waals surface area (Å²) in [5.74, 6) is -0.256. The van der Waals surface area contributed by atoms with Gasteiger partial charge in [-0.1, -0.05) is 18.2 Å². The van der Waals surface area contributed by atoms with Crippen molar-refractivity contribution < 1.29 is 9.18 Å². The molecule has 104 valence electrons. The van der Waals surface area contributed by atoms with E-state index < -0.39 is 0 Å². The fourth-order valence-corrected chi connectivity index (χ4v) is 2.50. The molecule has 1 atom stereocenters. The molecule has 2 rings (SSSR count). The van der Waals surface area contributed by atoms with Crippen LogP contribution in [0.4, 0.5) is 9.18 Å². The van der Waals surface area contributed by atoms with Crippen molar-refractivity contribution in [2.75, 3.05) is 20.1 Å². The van der Waals surface area contributed by atoms with Crippen molar-refractivity contribution in [1.29, 1.82) is 0 Å². The van der Waals surface area contributed by atoms with Crippen LogP contribution in [-0.4, -0.2) is 36.0 Å². The first kappa shape index (κ1) is 13.8. The van der Waals surface area contributed by atoms with Gasteiger partial charge in [0.2, 0.25) is 0 Å². The number of urea groups is 1. The minimum Gasteiger partial charge on any atom is -0.325 e. The molecule has 0 saturated carbocycles. The zero-order valence-electron chi connectivity index (χ0n) is 11.6. The van der Waals surface area contributed by atoms with Crippen molar-refractivity contribution in [3.05, 3.63) is 35.6 Å². The average molecular weight is 264 g/mol. The predicted octanol–water partition coefficient (Wildman–Crippen LogP) is 3.42. The van der Waals surface area contributed by atoms with E-state index in [0.717, 1.165) is 25.9 Å². The molecule has 0 radical (unpaired) electrons. The lowest BCUT2D eigenvalue weighted by molar-refractivity contribution is 0.140. The molecule has 19 heavy (non-hydrogen) atoms. The molecule has 1 saturated heterocycles. The Morgan fingerprint density at radius 2 is 1.89 bits per heavy atom. The molecule has 1 fully saturated rings. The van der Waals surface area contributed by atoms with E-state index in [4.69, 9.17) is 0 Å². The molecule has 1 aromatic carbocycles. The first-order valence-electron chi connectivity index (χ1n) is 6.87. The van der Waals surface area contributed by atoms with Crippen LogP contribution >= 0.6 is 0 Å². The van der Waals surface area contributed by atoms with Gasteiger partial charge >= 0.3 is 6.03 Å². The summed E-state index contributed by atoms with van der Waals surface area (Å²) in [5, 5.41) is 0. The minimum absolute atomic E-state index is 0.00421. The van der Waals surface area contributed by atoms with Gasteiger partial charge in [-0.05, 0) is 32.3 Å². The van der Waals surface area contributed by atoms with Gasteiger partial charge in [0.25, 0.3) is 0 Å². The third kappa shape index (κ3) is 3.06. The molecular formula is C15H21FN2O. The number of hydrogen-bond acceptors (Lipinski definition) is 1. The molecule has 2 amide bonds.